The summed E-state index contributed by atoms with van der Waals surface area (Å²) < 4.78 is 22.3. The van der Waals surface area contributed by atoms with Gasteiger partial charge in [0.15, 0.2) is 23.0 Å². The van der Waals surface area contributed by atoms with Gasteiger partial charge >= 0.3 is 0 Å². The van der Waals surface area contributed by atoms with Crippen LogP contribution in [0.4, 0.5) is 15.9 Å². The van der Waals surface area contributed by atoms with E-state index < -0.39 is 5.82 Å². The number of aromatic amines is 1. The molecule has 0 aliphatic heterocycles. The summed E-state index contributed by atoms with van der Waals surface area (Å²) in [4.78, 5) is 20.9. The number of fused-ring (bicyclic) bond motifs is 2. The Hall–Kier alpha value is -3.69. The van der Waals surface area contributed by atoms with E-state index in [0.717, 1.165) is 0 Å². The highest BCUT2D eigenvalue weighted by atomic mass is 19.1. The van der Waals surface area contributed by atoms with Crippen molar-refractivity contribution in [1.82, 2.24) is 24.6 Å². The highest BCUT2D eigenvalue weighted by Crippen LogP contribution is 2.43. The van der Waals surface area contributed by atoms with Gasteiger partial charge in [0.05, 0.1) is 42.5 Å². The van der Waals surface area contributed by atoms with Gasteiger partial charge in [-0.3, -0.25) is 14.9 Å². The number of hydrogen-bond acceptors (Lipinski definition) is 6. The molecule has 0 aliphatic carbocycles. The number of H-pyrrole nitrogens is 1. The first-order chi connectivity index (χ1) is 13.0. The van der Waals surface area contributed by atoms with Gasteiger partial charge in [-0.15, -0.1) is 0 Å². The average Bonchev–Trinajstić information content (AvgIpc) is 3.26. The first-order valence-corrected chi connectivity index (χ1v) is 8.00. The molecule has 0 saturated carbocycles. The fourth-order valence-electron chi connectivity index (χ4n) is 3.13. The molecule has 1 aromatic carbocycles. The van der Waals surface area contributed by atoms with E-state index >= 15 is 4.39 Å². The van der Waals surface area contributed by atoms with Crippen LogP contribution >= 0.6 is 0 Å². The summed E-state index contributed by atoms with van der Waals surface area (Å²) in [6.07, 6.45) is 7.02. The summed E-state index contributed by atoms with van der Waals surface area (Å²) in [6, 6.07) is 0. The van der Waals surface area contributed by atoms with Crippen LogP contribution in [-0.4, -0.2) is 52.2 Å². The molecule has 0 atom stereocenters. The Labute approximate surface area is 152 Å². The summed E-state index contributed by atoms with van der Waals surface area (Å²) in [5.74, 6) is -0.0468. The van der Waals surface area contributed by atoms with E-state index in [9.17, 15) is 4.79 Å². The Bertz CT molecular complexity index is 1170. The fraction of sp³-hybridized carbons (Fsp3) is 0.176. The molecule has 0 fully saturated rings. The summed E-state index contributed by atoms with van der Waals surface area (Å²) >= 11 is 0. The molecule has 10 heteroatoms. The number of carbonyl (C=O) groups excluding carboxylic acids is 1. The number of benzene rings is 1. The number of ether oxygens (including phenoxy) is 1. The third-order valence-corrected chi connectivity index (χ3v) is 4.24. The lowest BCUT2D eigenvalue weighted by Gasteiger charge is -2.19. The third-order valence-electron chi connectivity index (χ3n) is 4.24. The van der Waals surface area contributed by atoms with E-state index in [-0.39, 0.29) is 5.75 Å². The Morgan fingerprint density at radius 1 is 1.33 bits per heavy atom. The highest BCUT2D eigenvalue weighted by Gasteiger charge is 2.25. The molecule has 0 bridgehead atoms. The maximum atomic E-state index is 15.2. The van der Waals surface area contributed by atoms with Crippen LogP contribution in [0.25, 0.3) is 27.8 Å². The molecule has 0 saturated heterocycles. The quantitative estimate of drug-likeness (QED) is 0.522. The zero-order chi connectivity index (χ0) is 19.1. The molecule has 27 heavy (non-hydrogen) atoms. The van der Waals surface area contributed by atoms with Crippen LogP contribution in [0.3, 0.4) is 0 Å². The molecule has 4 aromatic rings. The topological polar surface area (TPSA) is 100 Å². The van der Waals surface area contributed by atoms with E-state index in [1.54, 1.807) is 42.0 Å². The van der Waals surface area contributed by atoms with Crippen molar-refractivity contribution < 1.29 is 13.9 Å². The summed E-state index contributed by atoms with van der Waals surface area (Å²) in [5.41, 5.74) is 2.39. The van der Waals surface area contributed by atoms with E-state index in [2.05, 4.69) is 25.5 Å². The number of nitrogens with one attached hydrogen (secondary N) is 2. The molecule has 4 rings (SSSR count). The van der Waals surface area contributed by atoms with Gasteiger partial charge in [-0.25, -0.2) is 9.37 Å². The molecule has 138 valence electrons. The van der Waals surface area contributed by atoms with Gasteiger partial charge in [-0.2, -0.15) is 5.10 Å². The molecule has 0 radical (unpaired) electrons. The van der Waals surface area contributed by atoms with Crippen LogP contribution in [0.5, 0.6) is 5.75 Å². The minimum atomic E-state index is -0.509. The van der Waals surface area contributed by atoms with Crippen molar-refractivity contribution in [3.8, 4) is 17.0 Å². The zero-order valence-corrected chi connectivity index (χ0v) is 14.8. The molecule has 2 N–H and O–H groups in total. The maximum Gasteiger partial charge on any atom is 0.212 e. The van der Waals surface area contributed by atoms with Crippen LogP contribution in [0.1, 0.15) is 0 Å². The van der Waals surface area contributed by atoms with Gasteiger partial charge in [0, 0.05) is 25.7 Å². The van der Waals surface area contributed by atoms with E-state index in [1.807, 2.05) is 0 Å². The highest BCUT2D eigenvalue weighted by molar-refractivity contribution is 6.03. The fourth-order valence-corrected chi connectivity index (χ4v) is 3.13. The van der Waals surface area contributed by atoms with Crippen LogP contribution in [0.2, 0.25) is 0 Å². The Kier molecular flexibility index (Phi) is 3.87. The van der Waals surface area contributed by atoms with Crippen molar-refractivity contribution in [2.45, 2.75) is 0 Å². The number of aromatic nitrogens is 5. The summed E-state index contributed by atoms with van der Waals surface area (Å²) in [7, 11) is 4.90. The van der Waals surface area contributed by atoms with Crippen molar-refractivity contribution in [3.63, 3.8) is 0 Å². The second-order valence-corrected chi connectivity index (χ2v) is 6.05. The molecular weight excluding hydrogens is 353 g/mol. The van der Waals surface area contributed by atoms with E-state index in [1.165, 1.54) is 13.3 Å². The number of methoxy groups -OCH3 is 1. The Morgan fingerprint density at radius 3 is 2.85 bits per heavy atom. The van der Waals surface area contributed by atoms with Crippen molar-refractivity contribution >= 4 is 34.5 Å². The van der Waals surface area contributed by atoms with Gasteiger partial charge in [0.1, 0.15) is 5.69 Å². The van der Waals surface area contributed by atoms with Crippen molar-refractivity contribution in [1.29, 1.82) is 0 Å². The maximum absolute atomic E-state index is 15.2. The number of rotatable bonds is 5. The van der Waals surface area contributed by atoms with Gasteiger partial charge < -0.3 is 19.4 Å². The first kappa shape index (κ1) is 16.8. The van der Waals surface area contributed by atoms with Crippen LogP contribution in [0.15, 0.2) is 24.8 Å². The minimum absolute atomic E-state index is 0.0748. The van der Waals surface area contributed by atoms with Crippen LogP contribution in [0, 0.1) is 5.82 Å². The second kappa shape index (κ2) is 6.24. The van der Waals surface area contributed by atoms with Crippen molar-refractivity contribution in [2.75, 3.05) is 31.4 Å². The number of nitrogens with zero attached hydrogens (tertiary/aromatic N) is 5. The largest absolute Gasteiger partial charge is 0.493 e. The monoisotopic (exact) mass is 369 g/mol. The van der Waals surface area contributed by atoms with Crippen LogP contribution in [-0.2, 0) is 4.79 Å². The molecule has 3 aromatic heterocycles. The summed E-state index contributed by atoms with van der Waals surface area (Å²) in [6.45, 7) is 0. The number of imidazole rings is 1. The molecule has 3 heterocycles. The minimum Gasteiger partial charge on any atom is -0.493 e. The molecule has 0 unspecified atom stereocenters. The Balaban J connectivity index is 2.01. The summed E-state index contributed by atoms with van der Waals surface area (Å²) in [5, 5.41) is 10.1. The predicted octanol–water partition coefficient (Wildman–Crippen LogP) is 2.05. The Morgan fingerprint density at radius 2 is 2.15 bits per heavy atom. The van der Waals surface area contributed by atoms with E-state index in [4.69, 9.17) is 4.74 Å². The zero-order valence-electron chi connectivity index (χ0n) is 14.8. The molecule has 0 spiro atoms. The van der Waals surface area contributed by atoms with Crippen molar-refractivity contribution in [3.05, 3.63) is 30.6 Å². The van der Waals surface area contributed by atoms with Gasteiger partial charge in [0.25, 0.3) is 0 Å². The average molecular weight is 369 g/mol. The SMILES string of the molecule is COc1c(F)c(N(C)C)c2[nH]ncc2c1-c1cn2cc(NC=O)nc2cn1. The molecular formula is C17H16FN7O2. The predicted molar refractivity (Wildman–Crippen MR) is 98.6 cm³/mol. The van der Waals surface area contributed by atoms with Crippen LogP contribution < -0.4 is 15.0 Å². The first-order valence-electron chi connectivity index (χ1n) is 8.00. The number of anilines is 2. The molecule has 0 aliphatic rings. The third kappa shape index (κ3) is 2.53. The lowest BCUT2D eigenvalue weighted by atomic mass is 10.0. The van der Waals surface area contributed by atoms with Gasteiger partial charge in [0.2, 0.25) is 6.41 Å². The molecule has 9 nitrogen and oxygen atoms in total. The lowest BCUT2D eigenvalue weighted by molar-refractivity contribution is -0.105. The molecule has 1 amide bonds. The number of amides is 1. The normalized spacial score (nSPS) is 11.1. The van der Waals surface area contributed by atoms with Crippen molar-refractivity contribution in [2.24, 2.45) is 0 Å². The second-order valence-electron chi connectivity index (χ2n) is 6.05. The number of carbonyl (C=O) groups is 1. The van der Waals surface area contributed by atoms with Gasteiger partial charge in [-0.1, -0.05) is 0 Å². The smallest absolute Gasteiger partial charge is 0.212 e. The number of hydrogen-bond donors (Lipinski definition) is 2. The standard InChI is InChI=1S/C17H16FN7O2/c1-24(2)16-14(18)17(27-3)13(9-4-21-23-15(9)16)10-6-25-7-11(20-8-26)22-12(25)5-19-10/h4-8H,1-3H3,(H,20,26)(H,21,23). The van der Waals surface area contributed by atoms with E-state index in [0.29, 0.717) is 45.7 Å². The van der Waals surface area contributed by atoms with Gasteiger partial charge in [-0.05, 0) is 0 Å². The number of halogens is 1. The lowest BCUT2D eigenvalue weighted by Crippen LogP contribution is -2.13.